The van der Waals surface area contributed by atoms with E-state index < -0.39 is 11.9 Å². The van der Waals surface area contributed by atoms with E-state index in [1.807, 2.05) is 18.3 Å². The summed E-state index contributed by atoms with van der Waals surface area (Å²) in [5, 5.41) is 10.1. The number of rotatable bonds is 7. The average Bonchev–Trinajstić information content (AvgIpc) is 3.34. The zero-order valence-corrected chi connectivity index (χ0v) is 20.9. The molecule has 30 heavy (non-hydrogen) atoms. The van der Waals surface area contributed by atoms with E-state index in [1.54, 1.807) is 0 Å². The van der Waals surface area contributed by atoms with Crippen molar-refractivity contribution in [1.29, 1.82) is 0 Å². The van der Waals surface area contributed by atoms with Gasteiger partial charge in [0.1, 0.15) is 0 Å². The number of halogens is 4. The van der Waals surface area contributed by atoms with Crippen molar-refractivity contribution in [3.05, 3.63) is 38.0 Å². The first kappa shape index (κ1) is 25.3. The van der Waals surface area contributed by atoms with Crippen molar-refractivity contribution in [2.75, 3.05) is 26.2 Å². The van der Waals surface area contributed by atoms with Gasteiger partial charge in [0.15, 0.2) is 11.7 Å². The zero-order chi connectivity index (χ0) is 20.9. The highest BCUT2D eigenvalue weighted by atomic mass is 127. The SMILES string of the molecule is CCNC(=NCC(C)N1CCc2sccc2C1)NCCc1nc(C(F)(F)F)cs1.I. The summed E-state index contributed by atoms with van der Waals surface area (Å²) in [6, 6.07) is 2.52. The van der Waals surface area contributed by atoms with Gasteiger partial charge in [-0.1, -0.05) is 0 Å². The van der Waals surface area contributed by atoms with Crippen molar-refractivity contribution < 1.29 is 13.2 Å². The Bertz CT molecular complexity index is 821. The third kappa shape index (κ3) is 7.06. The van der Waals surface area contributed by atoms with Gasteiger partial charge in [-0.15, -0.1) is 46.7 Å². The number of guanidine groups is 1. The lowest BCUT2D eigenvalue weighted by Gasteiger charge is -2.31. The van der Waals surface area contributed by atoms with Crippen molar-refractivity contribution in [3.8, 4) is 0 Å². The molecule has 0 aromatic carbocycles. The highest BCUT2D eigenvalue weighted by Crippen LogP contribution is 2.30. The van der Waals surface area contributed by atoms with Crippen LogP contribution in [-0.4, -0.2) is 48.1 Å². The molecule has 168 valence electrons. The molecule has 11 heteroatoms. The molecule has 1 aliphatic heterocycles. The van der Waals surface area contributed by atoms with Crippen LogP contribution in [0.2, 0.25) is 0 Å². The van der Waals surface area contributed by atoms with Crippen LogP contribution in [-0.2, 0) is 25.6 Å². The normalized spacial score (nSPS) is 16.0. The smallest absolute Gasteiger partial charge is 0.357 e. The van der Waals surface area contributed by atoms with E-state index in [1.165, 1.54) is 10.4 Å². The molecular formula is C19H27F3IN5S2. The summed E-state index contributed by atoms with van der Waals surface area (Å²) in [6.07, 6.45) is -2.87. The van der Waals surface area contributed by atoms with Gasteiger partial charge in [0.05, 0.1) is 11.6 Å². The summed E-state index contributed by atoms with van der Waals surface area (Å²) in [5.41, 5.74) is 0.603. The lowest BCUT2D eigenvalue weighted by atomic mass is 10.1. The van der Waals surface area contributed by atoms with Gasteiger partial charge < -0.3 is 10.6 Å². The van der Waals surface area contributed by atoms with Gasteiger partial charge in [-0.25, -0.2) is 4.98 Å². The molecule has 2 N–H and O–H groups in total. The molecule has 3 heterocycles. The van der Waals surface area contributed by atoms with E-state index in [9.17, 15) is 13.2 Å². The number of hydrogen-bond acceptors (Lipinski definition) is 5. The molecule has 1 atom stereocenters. The maximum atomic E-state index is 12.6. The number of aromatic nitrogens is 1. The van der Waals surface area contributed by atoms with E-state index >= 15 is 0 Å². The van der Waals surface area contributed by atoms with Gasteiger partial charge in [0.25, 0.3) is 0 Å². The van der Waals surface area contributed by atoms with Crippen LogP contribution in [0.4, 0.5) is 13.2 Å². The van der Waals surface area contributed by atoms with Crippen LogP contribution in [0.3, 0.4) is 0 Å². The molecule has 0 radical (unpaired) electrons. The summed E-state index contributed by atoms with van der Waals surface area (Å²) in [4.78, 5) is 12.3. The Morgan fingerprint density at radius 3 is 2.83 bits per heavy atom. The van der Waals surface area contributed by atoms with Gasteiger partial charge in [-0.05, 0) is 37.3 Å². The maximum Gasteiger partial charge on any atom is 0.434 e. The van der Waals surface area contributed by atoms with Crippen LogP contribution in [0, 0.1) is 0 Å². The second kappa shape index (κ2) is 11.6. The third-order valence-electron chi connectivity index (χ3n) is 4.79. The van der Waals surface area contributed by atoms with Gasteiger partial charge >= 0.3 is 6.18 Å². The fourth-order valence-electron chi connectivity index (χ4n) is 3.17. The second-order valence-electron chi connectivity index (χ2n) is 6.96. The third-order valence-corrected chi connectivity index (χ3v) is 6.72. The minimum atomic E-state index is -4.38. The molecule has 5 nitrogen and oxygen atoms in total. The van der Waals surface area contributed by atoms with E-state index in [4.69, 9.17) is 0 Å². The largest absolute Gasteiger partial charge is 0.434 e. The maximum absolute atomic E-state index is 12.6. The number of nitrogens with one attached hydrogen (secondary N) is 2. The highest BCUT2D eigenvalue weighted by Gasteiger charge is 2.33. The van der Waals surface area contributed by atoms with E-state index in [2.05, 4.69) is 43.9 Å². The van der Waals surface area contributed by atoms with E-state index in [0.717, 1.165) is 42.8 Å². The first-order valence-electron chi connectivity index (χ1n) is 9.70. The number of nitrogens with zero attached hydrogens (tertiary/aromatic N) is 3. The number of thiazole rings is 1. The fourth-order valence-corrected chi connectivity index (χ4v) is 4.87. The first-order chi connectivity index (χ1) is 13.9. The molecule has 2 aromatic heterocycles. The molecule has 1 unspecified atom stereocenters. The fraction of sp³-hybridized carbons (Fsp3) is 0.579. The number of hydrogen-bond donors (Lipinski definition) is 2. The molecule has 0 bridgehead atoms. The number of thiophene rings is 1. The summed E-state index contributed by atoms with van der Waals surface area (Å²) in [7, 11) is 0. The Morgan fingerprint density at radius 1 is 1.33 bits per heavy atom. The second-order valence-corrected chi connectivity index (χ2v) is 8.90. The van der Waals surface area contributed by atoms with Crippen molar-refractivity contribution in [2.45, 2.75) is 45.5 Å². The van der Waals surface area contributed by atoms with E-state index in [0.29, 0.717) is 36.5 Å². The predicted molar refractivity (Wildman–Crippen MR) is 128 cm³/mol. The van der Waals surface area contributed by atoms with Gasteiger partial charge in [0, 0.05) is 48.9 Å². The highest BCUT2D eigenvalue weighted by molar-refractivity contribution is 14.0. The summed E-state index contributed by atoms with van der Waals surface area (Å²) < 4.78 is 37.9. The van der Waals surface area contributed by atoms with Crippen LogP contribution >= 0.6 is 46.7 Å². The minimum Gasteiger partial charge on any atom is -0.357 e. The molecule has 0 amide bonds. The van der Waals surface area contributed by atoms with Crippen LogP contribution in [0.5, 0.6) is 0 Å². The van der Waals surface area contributed by atoms with Gasteiger partial charge in [0.2, 0.25) is 0 Å². The Balaban J connectivity index is 0.00000320. The molecule has 0 aliphatic carbocycles. The zero-order valence-electron chi connectivity index (χ0n) is 17.0. The molecule has 0 fully saturated rings. The Morgan fingerprint density at radius 2 is 2.13 bits per heavy atom. The summed E-state index contributed by atoms with van der Waals surface area (Å²) in [5.74, 6) is 0.681. The molecule has 1 aliphatic rings. The minimum absolute atomic E-state index is 0. The number of alkyl halides is 3. The van der Waals surface area contributed by atoms with Crippen molar-refractivity contribution in [1.82, 2.24) is 20.5 Å². The van der Waals surface area contributed by atoms with Crippen LogP contribution in [0.15, 0.2) is 21.8 Å². The summed E-state index contributed by atoms with van der Waals surface area (Å²) in [6.45, 7) is 8.03. The van der Waals surface area contributed by atoms with Gasteiger partial charge in [-0.2, -0.15) is 13.2 Å². The molecular weight excluding hydrogens is 546 g/mol. The average molecular weight is 573 g/mol. The molecule has 0 saturated carbocycles. The number of fused-ring (bicyclic) bond motifs is 1. The summed E-state index contributed by atoms with van der Waals surface area (Å²) >= 11 is 2.87. The Hall–Kier alpha value is -0.920. The van der Waals surface area contributed by atoms with Crippen molar-refractivity contribution in [2.24, 2.45) is 4.99 Å². The predicted octanol–water partition coefficient (Wildman–Crippen LogP) is 4.39. The quantitative estimate of drug-likeness (QED) is 0.293. The van der Waals surface area contributed by atoms with Crippen LogP contribution < -0.4 is 10.6 Å². The van der Waals surface area contributed by atoms with Crippen LogP contribution in [0.1, 0.15) is 35.0 Å². The van der Waals surface area contributed by atoms with E-state index in [-0.39, 0.29) is 24.0 Å². The molecule has 3 rings (SSSR count). The monoisotopic (exact) mass is 573 g/mol. The van der Waals surface area contributed by atoms with Gasteiger partial charge in [-0.3, -0.25) is 9.89 Å². The first-order valence-corrected chi connectivity index (χ1v) is 11.5. The van der Waals surface area contributed by atoms with Crippen molar-refractivity contribution in [3.63, 3.8) is 0 Å². The standard InChI is InChI=1S/C19H26F3N5S2.HI/c1-3-23-18(24-7-4-17-26-16(12-29-17)19(20,21)22)25-10-13(2)27-8-5-15-14(11-27)6-9-28-15;/h6,9,12-13H,3-5,7-8,10-11H2,1-2H3,(H2,23,24,25);1H. The van der Waals surface area contributed by atoms with Crippen molar-refractivity contribution >= 4 is 52.6 Å². The van der Waals surface area contributed by atoms with Crippen LogP contribution in [0.25, 0.3) is 0 Å². The topological polar surface area (TPSA) is 52.6 Å². The Kier molecular flexibility index (Phi) is 9.82. The molecule has 0 spiro atoms. The lowest BCUT2D eigenvalue weighted by molar-refractivity contribution is -0.140. The lowest BCUT2D eigenvalue weighted by Crippen LogP contribution is -2.41. The Labute approximate surface area is 200 Å². The number of aliphatic imine (C=N–C) groups is 1. The molecule has 2 aromatic rings. The molecule has 0 saturated heterocycles.